The molecular formula is C20H12FN3O2. The topological polar surface area (TPSA) is 67.3 Å². The zero-order valence-corrected chi connectivity index (χ0v) is 13.7. The van der Waals surface area contributed by atoms with E-state index in [1.54, 1.807) is 12.1 Å². The van der Waals surface area contributed by atoms with Gasteiger partial charge in [0.25, 0.3) is 5.78 Å². The normalized spacial score (nSPS) is 11.4. The predicted molar refractivity (Wildman–Crippen MR) is 94.0 cm³/mol. The standard InChI is InChI=1S/C20H12FN3O2/c1-23-18(11-22)20(25)13-9-17-14(8-15(13)21)19(26-2)10-16(24-17)12-6-4-3-5-7-12/h3-10,18H,2H3. The molecule has 0 N–H and O–H groups in total. The highest BCUT2D eigenvalue weighted by molar-refractivity contribution is 6.06. The van der Waals surface area contributed by atoms with Crippen molar-refractivity contribution in [1.29, 1.82) is 5.26 Å². The van der Waals surface area contributed by atoms with Gasteiger partial charge in [-0.2, -0.15) is 5.26 Å². The second kappa shape index (κ2) is 7.00. The number of methoxy groups -OCH3 is 1. The van der Waals surface area contributed by atoms with E-state index < -0.39 is 17.6 Å². The van der Waals surface area contributed by atoms with Crippen LogP contribution in [0, 0.1) is 23.7 Å². The zero-order chi connectivity index (χ0) is 18.7. The largest absolute Gasteiger partial charge is 0.496 e. The fourth-order valence-corrected chi connectivity index (χ4v) is 2.62. The molecular weight excluding hydrogens is 333 g/mol. The van der Waals surface area contributed by atoms with Crippen LogP contribution in [-0.2, 0) is 0 Å². The Bertz CT molecular complexity index is 1070. The van der Waals surface area contributed by atoms with Gasteiger partial charge in [0, 0.05) is 17.0 Å². The lowest BCUT2D eigenvalue weighted by atomic mass is 10.0. The van der Waals surface area contributed by atoms with E-state index in [2.05, 4.69) is 9.83 Å². The Hall–Kier alpha value is -3.77. The third-order valence-corrected chi connectivity index (χ3v) is 3.91. The Morgan fingerprint density at radius 2 is 2.04 bits per heavy atom. The minimum Gasteiger partial charge on any atom is -0.496 e. The second-order valence-electron chi connectivity index (χ2n) is 5.45. The number of benzene rings is 2. The molecule has 3 aromatic rings. The number of Topliss-reactive ketones (excluding diaryl/α,β-unsaturated/α-hetero) is 1. The molecule has 0 bridgehead atoms. The summed E-state index contributed by atoms with van der Waals surface area (Å²) in [6.07, 6.45) is 0. The lowest BCUT2D eigenvalue weighted by Crippen LogP contribution is -2.16. The van der Waals surface area contributed by atoms with Crippen LogP contribution in [0.15, 0.2) is 48.5 Å². The molecule has 5 nitrogen and oxygen atoms in total. The molecule has 1 aromatic heterocycles. The van der Waals surface area contributed by atoms with Crippen molar-refractivity contribution in [2.75, 3.05) is 7.11 Å². The lowest BCUT2D eigenvalue weighted by Gasteiger charge is -2.10. The Morgan fingerprint density at radius 3 is 2.65 bits per heavy atom. The summed E-state index contributed by atoms with van der Waals surface area (Å²) in [6.45, 7) is 6.91. The first-order valence-electron chi connectivity index (χ1n) is 7.63. The molecule has 0 radical (unpaired) electrons. The van der Waals surface area contributed by atoms with E-state index in [0.717, 1.165) is 11.6 Å². The van der Waals surface area contributed by atoms with E-state index in [4.69, 9.17) is 16.6 Å². The van der Waals surface area contributed by atoms with E-state index in [1.807, 2.05) is 30.3 Å². The molecule has 1 heterocycles. The van der Waals surface area contributed by atoms with Crippen molar-refractivity contribution in [1.82, 2.24) is 4.98 Å². The molecule has 1 atom stereocenters. The third-order valence-electron chi connectivity index (χ3n) is 3.91. The first-order chi connectivity index (χ1) is 12.6. The molecule has 26 heavy (non-hydrogen) atoms. The number of ether oxygens (including phenoxy) is 1. The smallest absolute Gasteiger partial charge is 0.368 e. The zero-order valence-electron chi connectivity index (χ0n) is 13.7. The van der Waals surface area contributed by atoms with E-state index in [0.29, 0.717) is 22.3 Å². The average molecular weight is 345 g/mol. The van der Waals surface area contributed by atoms with Crippen molar-refractivity contribution in [2.24, 2.45) is 0 Å². The first-order valence-corrected chi connectivity index (χ1v) is 7.63. The monoisotopic (exact) mass is 345 g/mol. The number of hydrogen-bond donors (Lipinski definition) is 0. The van der Waals surface area contributed by atoms with Crippen molar-refractivity contribution in [2.45, 2.75) is 6.04 Å². The number of hydrogen-bond acceptors (Lipinski definition) is 4. The number of halogens is 1. The molecule has 0 saturated carbocycles. The average Bonchev–Trinajstić information content (AvgIpc) is 2.68. The highest BCUT2D eigenvalue weighted by Crippen LogP contribution is 2.31. The number of ketones is 1. The van der Waals surface area contributed by atoms with Crippen LogP contribution in [0.3, 0.4) is 0 Å². The molecule has 0 spiro atoms. The minimum absolute atomic E-state index is 0.334. The van der Waals surface area contributed by atoms with Crippen LogP contribution in [0.25, 0.3) is 27.0 Å². The Labute approximate surface area is 149 Å². The van der Waals surface area contributed by atoms with Gasteiger partial charge in [-0.3, -0.25) is 9.64 Å². The molecule has 0 aliphatic carbocycles. The van der Waals surface area contributed by atoms with Gasteiger partial charge >= 0.3 is 6.04 Å². The maximum absolute atomic E-state index is 14.4. The van der Waals surface area contributed by atoms with E-state index in [-0.39, 0.29) is 5.56 Å². The number of carbonyl (C=O) groups excluding carboxylic acids is 1. The van der Waals surface area contributed by atoms with Crippen LogP contribution in [0.5, 0.6) is 5.75 Å². The lowest BCUT2D eigenvalue weighted by molar-refractivity contribution is 0.0988. The number of carbonyl (C=O) groups is 1. The van der Waals surface area contributed by atoms with Crippen molar-refractivity contribution >= 4 is 16.7 Å². The van der Waals surface area contributed by atoms with E-state index >= 15 is 0 Å². The maximum atomic E-state index is 14.4. The van der Waals surface area contributed by atoms with Crippen LogP contribution in [-0.4, -0.2) is 23.9 Å². The Kier molecular flexibility index (Phi) is 4.59. The molecule has 2 aromatic carbocycles. The second-order valence-corrected chi connectivity index (χ2v) is 5.45. The summed E-state index contributed by atoms with van der Waals surface area (Å²) < 4.78 is 19.8. The van der Waals surface area contributed by atoms with Crippen LogP contribution in [0.2, 0.25) is 0 Å². The molecule has 3 rings (SSSR count). The fraction of sp³-hybridized carbons (Fsp3) is 0.100. The molecule has 0 saturated heterocycles. The van der Waals surface area contributed by atoms with Gasteiger partial charge in [-0.05, 0) is 12.1 Å². The fourth-order valence-electron chi connectivity index (χ4n) is 2.62. The SMILES string of the molecule is [C-]#[N+]C(C#N)C(=O)c1cc2nc(-c3ccccc3)cc(OC)c2cc1F. The van der Waals surface area contributed by atoms with Crippen LogP contribution < -0.4 is 4.74 Å². The summed E-state index contributed by atoms with van der Waals surface area (Å²) in [4.78, 5) is 19.7. The summed E-state index contributed by atoms with van der Waals surface area (Å²) in [5.74, 6) is -1.29. The van der Waals surface area contributed by atoms with Gasteiger partial charge in [-0.1, -0.05) is 30.3 Å². The number of fused-ring (bicyclic) bond motifs is 1. The summed E-state index contributed by atoms with van der Waals surface area (Å²) in [5, 5.41) is 9.29. The third kappa shape index (κ3) is 2.97. The van der Waals surface area contributed by atoms with E-state index in [1.165, 1.54) is 13.2 Å². The van der Waals surface area contributed by atoms with Gasteiger partial charge < -0.3 is 4.74 Å². The van der Waals surface area contributed by atoms with Gasteiger partial charge in [-0.15, -0.1) is 0 Å². The van der Waals surface area contributed by atoms with Crippen LogP contribution in [0.4, 0.5) is 4.39 Å². The number of nitriles is 1. The summed E-state index contributed by atoms with van der Waals surface area (Å²) >= 11 is 0. The number of rotatable bonds is 4. The number of pyridine rings is 1. The summed E-state index contributed by atoms with van der Waals surface area (Å²) in [7, 11) is 1.46. The van der Waals surface area contributed by atoms with Crippen LogP contribution >= 0.6 is 0 Å². The van der Waals surface area contributed by atoms with Crippen molar-refractivity contribution in [3.05, 3.63) is 71.3 Å². The maximum Gasteiger partial charge on any atom is 0.368 e. The van der Waals surface area contributed by atoms with Crippen LogP contribution in [0.1, 0.15) is 10.4 Å². The first kappa shape index (κ1) is 17.1. The van der Waals surface area contributed by atoms with Gasteiger partial charge in [0.1, 0.15) is 11.6 Å². The summed E-state index contributed by atoms with van der Waals surface area (Å²) in [6, 6.07) is 13.4. The highest BCUT2D eigenvalue weighted by atomic mass is 19.1. The number of aromatic nitrogens is 1. The van der Waals surface area contributed by atoms with E-state index in [9.17, 15) is 9.18 Å². The van der Waals surface area contributed by atoms with Gasteiger partial charge in [0.15, 0.2) is 6.07 Å². The summed E-state index contributed by atoms with van der Waals surface area (Å²) in [5.41, 5.74) is 1.44. The predicted octanol–water partition coefficient (Wildman–Crippen LogP) is 4.04. The quantitative estimate of drug-likeness (QED) is 0.529. The van der Waals surface area contributed by atoms with Gasteiger partial charge in [0.05, 0.1) is 23.9 Å². The number of nitrogens with zero attached hydrogens (tertiary/aromatic N) is 3. The highest BCUT2D eigenvalue weighted by Gasteiger charge is 2.28. The van der Waals surface area contributed by atoms with Crippen molar-refractivity contribution < 1.29 is 13.9 Å². The molecule has 1 unspecified atom stereocenters. The van der Waals surface area contributed by atoms with Crippen molar-refractivity contribution in [3.63, 3.8) is 0 Å². The molecule has 0 aliphatic heterocycles. The Morgan fingerprint density at radius 1 is 1.31 bits per heavy atom. The minimum atomic E-state index is -1.58. The van der Waals surface area contributed by atoms with Gasteiger partial charge in [0.2, 0.25) is 0 Å². The molecule has 6 heteroatoms. The van der Waals surface area contributed by atoms with Gasteiger partial charge in [-0.25, -0.2) is 15.9 Å². The molecule has 0 fully saturated rings. The molecule has 126 valence electrons. The molecule has 0 aliphatic rings. The van der Waals surface area contributed by atoms with Crippen molar-refractivity contribution in [3.8, 4) is 23.1 Å². The Balaban J connectivity index is 2.24. The molecule has 0 amide bonds.